The van der Waals surface area contributed by atoms with Crippen molar-refractivity contribution in [1.29, 1.82) is 0 Å². The molecule has 20 heavy (non-hydrogen) atoms. The second-order valence-corrected chi connectivity index (χ2v) is 4.80. The molecule has 2 heterocycles. The van der Waals surface area contributed by atoms with Crippen LogP contribution in [0.1, 0.15) is 30.2 Å². The Hall–Kier alpha value is -2.17. The van der Waals surface area contributed by atoms with Gasteiger partial charge in [-0.15, -0.1) is 0 Å². The molecule has 0 saturated carbocycles. The number of hydrogen-bond acceptors (Lipinski definition) is 3. The summed E-state index contributed by atoms with van der Waals surface area (Å²) in [5.41, 5.74) is 3.14. The fraction of sp³-hybridized carbons (Fsp3) is 0.400. The van der Waals surface area contributed by atoms with E-state index in [1.165, 1.54) is 0 Å². The minimum absolute atomic E-state index is 0.00607. The van der Waals surface area contributed by atoms with Gasteiger partial charge in [0.15, 0.2) is 0 Å². The van der Waals surface area contributed by atoms with Gasteiger partial charge in [-0.2, -0.15) is 5.10 Å². The van der Waals surface area contributed by atoms with Gasteiger partial charge in [0.1, 0.15) is 5.82 Å². The maximum absolute atomic E-state index is 12.0. The van der Waals surface area contributed by atoms with E-state index in [1.807, 2.05) is 26.1 Å². The van der Waals surface area contributed by atoms with E-state index in [9.17, 15) is 4.79 Å². The van der Waals surface area contributed by atoms with Crippen molar-refractivity contribution in [2.24, 2.45) is 7.05 Å². The van der Waals surface area contributed by atoms with Gasteiger partial charge >= 0.3 is 0 Å². The Labute approximate surface area is 119 Å². The molecule has 1 N–H and O–H groups in total. The van der Waals surface area contributed by atoms with Gasteiger partial charge in [0.25, 0.3) is 0 Å². The van der Waals surface area contributed by atoms with Crippen LogP contribution >= 0.6 is 0 Å². The van der Waals surface area contributed by atoms with Crippen molar-refractivity contribution in [2.75, 3.05) is 5.32 Å². The summed E-state index contributed by atoms with van der Waals surface area (Å²) in [5.74, 6) is 0.813. The molecule has 5 nitrogen and oxygen atoms in total. The van der Waals surface area contributed by atoms with Crippen molar-refractivity contribution in [2.45, 2.75) is 33.1 Å². The normalized spacial score (nSPS) is 10.6. The highest BCUT2D eigenvalue weighted by atomic mass is 16.1. The van der Waals surface area contributed by atoms with E-state index in [0.29, 0.717) is 12.8 Å². The number of aryl methyl sites for hydroxylation is 3. The first kappa shape index (κ1) is 14.2. The molecule has 1 amide bonds. The van der Waals surface area contributed by atoms with Crippen molar-refractivity contribution < 1.29 is 4.79 Å². The summed E-state index contributed by atoms with van der Waals surface area (Å²) in [7, 11) is 1.85. The monoisotopic (exact) mass is 272 g/mol. The second-order valence-electron chi connectivity index (χ2n) is 4.80. The molecular formula is C15H20N4O. The van der Waals surface area contributed by atoms with Gasteiger partial charge in [0, 0.05) is 31.4 Å². The molecule has 0 unspecified atom stereocenters. The van der Waals surface area contributed by atoms with Gasteiger partial charge in [-0.1, -0.05) is 13.0 Å². The number of carbonyl (C=O) groups excluding carboxylic acids is 1. The standard InChI is InChI=1S/C15H20N4O/c1-4-13-11(2)18-19(3)15(13)17-14(20)8-7-12-6-5-9-16-10-12/h5-6,9-10H,4,7-8H2,1-3H3,(H,17,20). The summed E-state index contributed by atoms with van der Waals surface area (Å²) in [4.78, 5) is 16.1. The van der Waals surface area contributed by atoms with E-state index >= 15 is 0 Å². The summed E-state index contributed by atoms with van der Waals surface area (Å²) in [6.07, 6.45) is 5.52. The lowest BCUT2D eigenvalue weighted by Crippen LogP contribution is -2.16. The number of amides is 1. The van der Waals surface area contributed by atoms with Gasteiger partial charge in [-0.05, 0) is 31.4 Å². The van der Waals surface area contributed by atoms with Crippen LogP contribution < -0.4 is 5.32 Å². The van der Waals surface area contributed by atoms with Crippen LogP contribution in [0, 0.1) is 6.92 Å². The highest BCUT2D eigenvalue weighted by Crippen LogP contribution is 2.19. The number of carbonyl (C=O) groups is 1. The predicted octanol–water partition coefficient (Wildman–Crippen LogP) is 2.26. The molecule has 0 aromatic carbocycles. The van der Waals surface area contributed by atoms with Gasteiger partial charge in [-0.3, -0.25) is 14.5 Å². The van der Waals surface area contributed by atoms with E-state index < -0.39 is 0 Å². The molecule has 0 spiro atoms. The largest absolute Gasteiger partial charge is 0.311 e. The Kier molecular flexibility index (Phi) is 4.50. The second kappa shape index (κ2) is 6.32. The maximum atomic E-state index is 12.0. The quantitative estimate of drug-likeness (QED) is 0.908. The molecule has 0 radical (unpaired) electrons. The van der Waals surface area contributed by atoms with Crippen LogP contribution in [-0.2, 0) is 24.7 Å². The minimum Gasteiger partial charge on any atom is -0.311 e. The smallest absolute Gasteiger partial charge is 0.225 e. The third-order valence-electron chi connectivity index (χ3n) is 3.32. The zero-order valence-electron chi connectivity index (χ0n) is 12.2. The Bertz CT molecular complexity index is 589. The zero-order chi connectivity index (χ0) is 14.5. The summed E-state index contributed by atoms with van der Waals surface area (Å²) < 4.78 is 1.73. The van der Waals surface area contributed by atoms with Gasteiger partial charge in [-0.25, -0.2) is 0 Å². The first-order valence-electron chi connectivity index (χ1n) is 6.83. The molecule has 0 aliphatic rings. The zero-order valence-corrected chi connectivity index (χ0v) is 12.2. The number of pyridine rings is 1. The first-order chi connectivity index (χ1) is 9.61. The Morgan fingerprint density at radius 3 is 2.90 bits per heavy atom. The lowest BCUT2D eigenvalue weighted by Gasteiger charge is -2.07. The molecule has 0 fully saturated rings. The molecule has 0 aliphatic heterocycles. The number of aromatic nitrogens is 3. The molecule has 106 valence electrons. The minimum atomic E-state index is 0.00607. The van der Waals surface area contributed by atoms with Crippen LogP contribution in [-0.4, -0.2) is 20.7 Å². The Morgan fingerprint density at radius 2 is 2.25 bits per heavy atom. The molecule has 0 atom stereocenters. The Morgan fingerprint density at radius 1 is 1.45 bits per heavy atom. The number of anilines is 1. The average molecular weight is 272 g/mol. The molecule has 2 aromatic rings. The summed E-state index contributed by atoms with van der Waals surface area (Å²) in [5, 5.41) is 7.31. The summed E-state index contributed by atoms with van der Waals surface area (Å²) in [6.45, 7) is 4.03. The lowest BCUT2D eigenvalue weighted by atomic mass is 10.1. The molecular weight excluding hydrogens is 252 g/mol. The van der Waals surface area contributed by atoms with Crippen molar-refractivity contribution in [3.05, 3.63) is 41.3 Å². The van der Waals surface area contributed by atoms with Crippen LogP contribution in [0.3, 0.4) is 0 Å². The predicted molar refractivity (Wildman–Crippen MR) is 78.5 cm³/mol. The SMILES string of the molecule is CCc1c(C)nn(C)c1NC(=O)CCc1cccnc1. The third-order valence-corrected chi connectivity index (χ3v) is 3.32. The van der Waals surface area contributed by atoms with Gasteiger partial charge in [0.2, 0.25) is 5.91 Å². The van der Waals surface area contributed by atoms with E-state index in [4.69, 9.17) is 0 Å². The first-order valence-corrected chi connectivity index (χ1v) is 6.83. The third kappa shape index (κ3) is 3.23. The molecule has 0 aliphatic carbocycles. The number of rotatable bonds is 5. The van der Waals surface area contributed by atoms with Crippen molar-refractivity contribution in [3.8, 4) is 0 Å². The van der Waals surface area contributed by atoms with Gasteiger partial charge in [0.05, 0.1) is 5.69 Å². The van der Waals surface area contributed by atoms with E-state index in [-0.39, 0.29) is 5.91 Å². The molecule has 2 rings (SSSR count). The van der Waals surface area contributed by atoms with Crippen LogP contribution in [0.2, 0.25) is 0 Å². The van der Waals surface area contributed by atoms with Crippen LogP contribution in [0.5, 0.6) is 0 Å². The fourth-order valence-electron chi connectivity index (χ4n) is 2.28. The summed E-state index contributed by atoms with van der Waals surface area (Å²) in [6, 6.07) is 3.86. The van der Waals surface area contributed by atoms with Crippen molar-refractivity contribution in [3.63, 3.8) is 0 Å². The molecule has 0 bridgehead atoms. The number of nitrogens with zero attached hydrogens (tertiary/aromatic N) is 3. The number of nitrogens with one attached hydrogen (secondary N) is 1. The van der Waals surface area contributed by atoms with Gasteiger partial charge < -0.3 is 5.32 Å². The molecule has 0 saturated heterocycles. The molecule has 5 heteroatoms. The van der Waals surface area contributed by atoms with E-state index in [0.717, 1.165) is 29.1 Å². The lowest BCUT2D eigenvalue weighted by molar-refractivity contribution is -0.116. The molecule has 2 aromatic heterocycles. The Balaban J connectivity index is 1.98. The van der Waals surface area contributed by atoms with Crippen LogP contribution in [0.25, 0.3) is 0 Å². The van der Waals surface area contributed by atoms with E-state index in [2.05, 4.69) is 22.3 Å². The summed E-state index contributed by atoms with van der Waals surface area (Å²) >= 11 is 0. The topological polar surface area (TPSA) is 59.8 Å². The van der Waals surface area contributed by atoms with Crippen LogP contribution in [0.4, 0.5) is 5.82 Å². The highest BCUT2D eigenvalue weighted by molar-refractivity contribution is 5.90. The number of hydrogen-bond donors (Lipinski definition) is 1. The van der Waals surface area contributed by atoms with E-state index in [1.54, 1.807) is 17.1 Å². The highest BCUT2D eigenvalue weighted by Gasteiger charge is 2.13. The van der Waals surface area contributed by atoms with Crippen molar-refractivity contribution in [1.82, 2.24) is 14.8 Å². The fourth-order valence-corrected chi connectivity index (χ4v) is 2.28. The van der Waals surface area contributed by atoms with Crippen LogP contribution in [0.15, 0.2) is 24.5 Å². The van der Waals surface area contributed by atoms with Crippen molar-refractivity contribution >= 4 is 11.7 Å². The maximum Gasteiger partial charge on any atom is 0.225 e. The average Bonchev–Trinajstić information content (AvgIpc) is 2.71.